The van der Waals surface area contributed by atoms with Gasteiger partial charge in [0.25, 0.3) is 0 Å². The van der Waals surface area contributed by atoms with Gasteiger partial charge in [0.05, 0.1) is 0 Å². The molecule has 0 aliphatic carbocycles. The second-order valence-corrected chi connectivity index (χ2v) is 15.2. The molecule has 0 bridgehead atoms. The Kier molecular flexibility index (Phi) is 6.66. The average Bonchev–Trinajstić information content (AvgIpc) is 2.95. The first-order valence-electron chi connectivity index (χ1n) is 10.1. The summed E-state index contributed by atoms with van der Waals surface area (Å²) in [4.78, 5) is 14.3. The van der Waals surface area contributed by atoms with Gasteiger partial charge in [-0.3, -0.25) is 0 Å². The van der Waals surface area contributed by atoms with Crippen molar-refractivity contribution in [2.45, 2.75) is 71.2 Å². The summed E-state index contributed by atoms with van der Waals surface area (Å²) in [5, 5.41) is 0.116. The Morgan fingerprint density at radius 3 is 2.36 bits per heavy atom. The van der Waals surface area contributed by atoms with E-state index in [4.69, 9.17) is 9.16 Å². The highest BCUT2D eigenvalue weighted by molar-refractivity contribution is 6.74. The van der Waals surface area contributed by atoms with Crippen LogP contribution in [0.3, 0.4) is 0 Å². The summed E-state index contributed by atoms with van der Waals surface area (Å²) in [6.07, 6.45) is -0.316. The van der Waals surface area contributed by atoms with Crippen molar-refractivity contribution < 1.29 is 18.3 Å². The van der Waals surface area contributed by atoms with Crippen LogP contribution in [-0.2, 0) is 9.16 Å². The third-order valence-electron chi connectivity index (χ3n) is 5.83. The lowest BCUT2D eigenvalue weighted by atomic mass is 9.89. The van der Waals surface area contributed by atoms with E-state index in [1.165, 1.54) is 6.07 Å². The molecular weight excluding hydrogens is 373 g/mol. The van der Waals surface area contributed by atoms with Crippen molar-refractivity contribution in [3.8, 4) is 0 Å². The molecule has 2 rings (SSSR count). The van der Waals surface area contributed by atoms with Gasteiger partial charge in [-0.05, 0) is 56.6 Å². The van der Waals surface area contributed by atoms with Crippen LogP contribution in [0.1, 0.15) is 53.0 Å². The number of rotatable bonds is 4. The Morgan fingerprint density at radius 2 is 1.82 bits per heavy atom. The van der Waals surface area contributed by atoms with Crippen molar-refractivity contribution in [1.82, 2.24) is 4.90 Å². The van der Waals surface area contributed by atoms with Crippen LogP contribution in [0, 0.1) is 11.7 Å². The Morgan fingerprint density at radius 1 is 1.18 bits per heavy atom. The highest BCUT2D eigenvalue weighted by Gasteiger charge is 2.42. The van der Waals surface area contributed by atoms with Crippen molar-refractivity contribution in [2.75, 3.05) is 19.7 Å². The number of carbonyl (C=O) groups is 1. The van der Waals surface area contributed by atoms with Crippen LogP contribution in [0.2, 0.25) is 18.1 Å². The maximum atomic E-state index is 13.8. The first-order chi connectivity index (χ1) is 12.7. The minimum absolute atomic E-state index is 0.0352. The molecule has 158 valence electrons. The predicted molar refractivity (Wildman–Crippen MR) is 114 cm³/mol. The summed E-state index contributed by atoms with van der Waals surface area (Å²) in [6, 6.07) is 6.69. The van der Waals surface area contributed by atoms with Gasteiger partial charge in [-0.1, -0.05) is 32.9 Å². The Hall–Kier alpha value is -1.40. The molecule has 1 aliphatic heterocycles. The fourth-order valence-corrected chi connectivity index (χ4v) is 4.23. The van der Waals surface area contributed by atoms with Crippen molar-refractivity contribution in [3.05, 3.63) is 35.6 Å². The van der Waals surface area contributed by atoms with Gasteiger partial charge in [-0.25, -0.2) is 9.18 Å². The zero-order chi connectivity index (χ0) is 21.3. The summed E-state index contributed by atoms with van der Waals surface area (Å²) in [5.74, 6) is -0.103. The summed E-state index contributed by atoms with van der Waals surface area (Å²) in [5.41, 5.74) is 0.371. The summed E-state index contributed by atoms with van der Waals surface area (Å²) < 4.78 is 25.8. The maximum Gasteiger partial charge on any atom is 0.410 e. The second kappa shape index (κ2) is 8.15. The molecule has 2 atom stereocenters. The van der Waals surface area contributed by atoms with Gasteiger partial charge in [0.1, 0.15) is 11.4 Å². The van der Waals surface area contributed by atoms with Crippen LogP contribution in [0.4, 0.5) is 9.18 Å². The SMILES string of the molecule is CC(C)(C)OC(=O)N1CC(CO[Si](C)(C)C(C)(C)C)[C@@H](c2cccc(F)c2)C1. The van der Waals surface area contributed by atoms with Crippen molar-refractivity contribution >= 4 is 14.4 Å². The van der Waals surface area contributed by atoms with Crippen LogP contribution in [-0.4, -0.2) is 44.6 Å². The van der Waals surface area contributed by atoms with Crippen molar-refractivity contribution in [1.29, 1.82) is 0 Å². The number of ether oxygens (including phenoxy) is 1. The highest BCUT2D eigenvalue weighted by Crippen LogP contribution is 2.39. The van der Waals surface area contributed by atoms with E-state index in [0.29, 0.717) is 19.7 Å². The molecule has 1 unspecified atom stereocenters. The molecule has 0 aromatic heterocycles. The number of likely N-dealkylation sites (tertiary alicyclic amines) is 1. The molecule has 6 heteroatoms. The minimum Gasteiger partial charge on any atom is -0.444 e. The molecule has 1 aromatic rings. The van der Waals surface area contributed by atoms with E-state index in [9.17, 15) is 9.18 Å². The van der Waals surface area contributed by atoms with Gasteiger partial charge >= 0.3 is 6.09 Å². The standard InChI is InChI=1S/C22H36FNO3Si/c1-21(2,3)27-20(25)24-13-17(15-26-28(7,8)22(4,5)6)19(14-24)16-10-9-11-18(23)12-16/h9-12,17,19H,13-15H2,1-8H3/t17?,19-/m1/s1. The van der Waals surface area contributed by atoms with Gasteiger partial charge in [0.15, 0.2) is 8.32 Å². The molecule has 0 N–H and O–H groups in total. The minimum atomic E-state index is -1.91. The van der Waals surface area contributed by atoms with Gasteiger partial charge in [0.2, 0.25) is 0 Å². The molecule has 0 saturated carbocycles. The molecule has 0 spiro atoms. The van der Waals surface area contributed by atoms with Crippen LogP contribution in [0.25, 0.3) is 0 Å². The highest BCUT2D eigenvalue weighted by atomic mass is 28.4. The molecule has 1 aromatic carbocycles. The van der Waals surface area contributed by atoms with Crippen LogP contribution in [0.5, 0.6) is 0 Å². The normalized spacial score (nSPS) is 21.1. The number of nitrogens with zero attached hydrogens (tertiary/aromatic N) is 1. The lowest BCUT2D eigenvalue weighted by Gasteiger charge is -2.37. The quantitative estimate of drug-likeness (QED) is 0.590. The number of hydrogen-bond donors (Lipinski definition) is 0. The Labute approximate surface area is 170 Å². The average molecular weight is 410 g/mol. The third-order valence-corrected chi connectivity index (χ3v) is 10.3. The predicted octanol–water partition coefficient (Wildman–Crippen LogP) is 5.80. The molecule has 1 saturated heterocycles. The molecule has 4 nitrogen and oxygen atoms in total. The van der Waals surface area contributed by atoms with Crippen LogP contribution >= 0.6 is 0 Å². The number of carbonyl (C=O) groups excluding carboxylic acids is 1. The van der Waals surface area contributed by atoms with E-state index in [-0.39, 0.29) is 28.8 Å². The smallest absolute Gasteiger partial charge is 0.410 e. The summed E-state index contributed by atoms with van der Waals surface area (Å²) in [6.45, 7) is 18.3. The number of benzene rings is 1. The lowest BCUT2D eigenvalue weighted by Crippen LogP contribution is -2.42. The monoisotopic (exact) mass is 409 g/mol. The maximum absolute atomic E-state index is 13.8. The third kappa shape index (κ3) is 5.80. The number of hydrogen-bond acceptors (Lipinski definition) is 3. The largest absolute Gasteiger partial charge is 0.444 e. The van der Waals surface area contributed by atoms with Gasteiger partial charge in [0, 0.05) is 31.5 Å². The van der Waals surface area contributed by atoms with Crippen LogP contribution < -0.4 is 0 Å². The molecule has 1 fully saturated rings. The first kappa shape index (κ1) is 22.9. The molecule has 1 heterocycles. The van der Waals surface area contributed by atoms with Gasteiger partial charge in [-0.2, -0.15) is 0 Å². The molecule has 1 amide bonds. The zero-order valence-electron chi connectivity index (χ0n) is 18.6. The molecule has 1 aliphatic rings. The van der Waals surface area contributed by atoms with E-state index in [1.54, 1.807) is 17.0 Å². The lowest BCUT2D eigenvalue weighted by molar-refractivity contribution is 0.0283. The number of halogens is 1. The molecular formula is C22H36FNO3Si. The van der Waals surface area contributed by atoms with E-state index in [0.717, 1.165) is 5.56 Å². The van der Waals surface area contributed by atoms with Gasteiger partial charge < -0.3 is 14.1 Å². The second-order valence-electron chi connectivity index (χ2n) is 10.4. The van der Waals surface area contributed by atoms with Crippen LogP contribution in [0.15, 0.2) is 24.3 Å². The molecule has 0 radical (unpaired) electrons. The number of amides is 1. The Balaban J connectivity index is 2.20. The van der Waals surface area contributed by atoms with E-state index in [2.05, 4.69) is 33.9 Å². The summed E-state index contributed by atoms with van der Waals surface area (Å²) >= 11 is 0. The van der Waals surface area contributed by atoms with E-state index < -0.39 is 13.9 Å². The first-order valence-corrected chi connectivity index (χ1v) is 13.0. The fraction of sp³-hybridized carbons (Fsp3) is 0.682. The zero-order valence-corrected chi connectivity index (χ0v) is 19.6. The van der Waals surface area contributed by atoms with Crippen molar-refractivity contribution in [3.63, 3.8) is 0 Å². The van der Waals surface area contributed by atoms with Gasteiger partial charge in [-0.15, -0.1) is 0 Å². The fourth-order valence-electron chi connectivity index (χ4n) is 3.16. The molecule has 28 heavy (non-hydrogen) atoms. The Bertz CT molecular complexity index is 694. The van der Waals surface area contributed by atoms with E-state index >= 15 is 0 Å². The topological polar surface area (TPSA) is 38.8 Å². The van der Waals surface area contributed by atoms with Crippen molar-refractivity contribution in [2.24, 2.45) is 5.92 Å². The summed E-state index contributed by atoms with van der Waals surface area (Å²) in [7, 11) is -1.91. The van der Waals surface area contributed by atoms with E-state index in [1.807, 2.05) is 26.8 Å².